The first-order valence-corrected chi connectivity index (χ1v) is 7.22. The molecular formula is C11H19N5O3S. The maximum absolute atomic E-state index is 11.7. The van der Waals surface area contributed by atoms with Crippen molar-refractivity contribution < 1.29 is 9.59 Å². The lowest BCUT2D eigenvalue weighted by Crippen LogP contribution is -2.41. The second-order valence-electron chi connectivity index (χ2n) is 4.14. The van der Waals surface area contributed by atoms with Crippen LogP contribution in [0.3, 0.4) is 0 Å². The summed E-state index contributed by atoms with van der Waals surface area (Å²) in [6.07, 6.45) is 1.81. The molecule has 0 aromatic carbocycles. The van der Waals surface area contributed by atoms with Crippen LogP contribution in [-0.4, -0.2) is 39.0 Å². The van der Waals surface area contributed by atoms with Gasteiger partial charge >= 0.3 is 11.7 Å². The summed E-state index contributed by atoms with van der Waals surface area (Å²) in [5.41, 5.74) is -0.292. The Hall–Kier alpha value is -1.77. The Morgan fingerprint density at radius 3 is 2.80 bits per heavy atom. The summed E-state index contributed by atoms with van der Waals surface area (Å²) in [7, 11) is 1.43. The molecule has 8 nitrogen and oxygen atoms in total. The monoisotopic (exact) mass is 301 g/mol. The Bertz CT molecular complexity index is 524. The summed E-state index contributed by atoms with van der Waals surface area (Å²) in [6, 6.07) is -0.562. The van der Waals surface area contributed by atoms with Crippen molar-refractivity contribution in [2.24, 2.45) is 0 Å². The Morgan fingerprint density at radius 2 is 2.20 bits per heavy atom. The van der Waals surface area contributed by atoms with E-state index in [-0.39, 0.29) is 5.69 Å². The minimum absolute atomic E-state index is 0.292. The minimum Gasteiger partial charge on any atom is -0.341 e. The van der Waals surface area contributed by atoms with Crippen molar-refractivity contribution in [3.05, 3.63) is 10.5 Å². The fourth-order valence-corrected chi connectivity index (χ4v) is 2.28. The Labute approximate surface area is 120 Å². The van der Waals surface area contributed by atoms with Crippen molar-refractivity contribution >= 4 is 23.7 Å². The summed E-state index contributed by atoms with van der Waals surface area (Å²) in [4.78, 5) is 34.4. The van der Waals surface area contributed by atoms with Crippen molar-refractivity contribution in [2.75, 3.05) is 7.05 Å². The molecule has 1 atom stereocenters. The molecule has 0 saturated heterocycles. The number of H-pyrrole nitrogens is 1. The molecule has 1 aromatic rings. The van der Waals surface area contributed by atoms with Crippen molar-refractivity contribution in [1.82, 2.24) is 25.4 Å². The molecule has 3 N–H and O–H groups in total. The number of unbranched alkanes of at least 4 members (excludes halogenated alkanes) is 1. The van der Waals surface area contributed by atoms with Gasteiger partial charge in [-0.1, -0.05) is 25.1 Å². The summed E-state index contributed by atoms with van der Waals surface area (Å²) in [5.74, 6) is -0.438. The molecule has 1 rings (SSSR count). The van der Waals surface area contributed by atoms with Crippen LogP contribution in [0.4, 0.5) is 4.79 Å². The van der Waals surface area contributed by atoms with Gasteiger partial charge in [0.15, 0.2) is 5.16 Å². The number of thioether (sulfide) groups is 1. The van der Waals surface area contributed by atoms with E-state index in [1.807, 2.05) is 6.92 Å². The van der Waals surface area contributed by atoms with E-state index in [1.54, 1.807) is 6.92 Å². The van der Waals surface area contributed by atoms with E-state index in [0.29, 0.717) is 11.7 Å². The fourth-order valence-electron chi connectivity index (χ4n) is 1.39. The lowest BCUT2D eigenvalue weighted by atomic mass is 10.3. The van der Waals surface area contributed by atoms with Gasteiger partial charge in [0.2, 0.25) is 5.91 Å². The van der Waals surface area contributed by atoms with Crippen LogP contribution in [0.25, 0.3) is 0 Å². The third kappa shape index (κ3) is 4.41. The molecule has 0 radical (unpaired) electrons. The zero-order valence-electron chi connectivity index (χ0n) is 11.7. The Balaban J connectivity index is 2.70. The quantitative estimate of drug-likeness (QED) is 0.655. The van der Waals surface area contributed by atoms with E-state index < -0.39 is 17.2 Å². The molecule has 0 aliphatic carbocycles. The number of amides is 3. The van der Waals surface area contributed by atoms with E-state index in [4.69, 9.17) is 0 Å². The Kier molecular flexibility index (Phi) is 6.29. The van der Waals surface area contributed by atoms with Gasteiger partial charge in [-0.15, -0.1) is 5.10 Å². The topological polar surface area (TPSA) is 109 Å². The number of hydrogen-bond donors (Lipinski definition) is 3. The molecule has 20 heavy (non-hydrogen) atoms. The van der Waals surface area contributed by atoms with Crippen LogP contribution >= 0.6 is 11.8 Å². The first-order valence-electron chi connectivity index (χ1n) is 6.34. The Morgan fingerprint density at radius 1 is 1.50 bits per heavy atom. The number of urea groups is 1. The predicted octanol–water partition coefficient (Wildman–Crippen LogP) is 0.308. The van der Waals surface area contributed by atoms with Gasteiger partial charge in [-0.2, -0.15) is 0 Å². The van der Waals surface area contributed by atoms with E-state index >= 15 is 0 Å². The average molecular weight is 301 g/mol. The van der Waals surface area contributed by atoms with E-state index in [2.05, 4.69) is 20.8 Å². The number of imide groups is 1. The predicted molar refractivity (Wildman–Crippen MR) is 75.7 cm³/mol. The molecule has 0 aliphatic rings. The van der Waals surface area contributed by atoms with Crippen LogP contribution in [0.15, 0.2) is 9.95 Å². The van der Waals surface area contributed by atoms with Crippen molar-refractivity contribution in [2.45, 2.75) is 43.6 Å². The van der Waals surface area contributed by atoms with Crippen LogP contribution < -0.4 is 16.3 Å². The standard InChI is InChI=1S/C11H19N5O3S/c1-4-5-6-16-10(19)14-15-11(16)20-7(2)8(17)13-9(18)12-3/h7H,4-6H2,1-3H3,(H,14,19)(H2,12,13,17,18)/t7-/m0/s1. The van der Waals surface area contributed by atoms with Gasteiger partial charge in [-0.05, 0) is 13.3 Å². The lowest BCUT2D eigenvalue weighted by Gasteiger charge is -2.10. The highest BCUT2D eigenvalue weighted by Crippen LogP contribution is 2.20. The molecule has 3 amide bonds. The number of rotatable bonds is 6. The van der Waals surface area contributed by atoms with Crippen LogP contribution in [0, 0.1) is 0 Å². The molecule has 0 aliphatic heterocycles. The average Bonchev–Trinajstić information content (AvgIpc) is 2.76. The normalized spacial score (nSPS) is 11.9. The molecule has 0 fully saturated rings. The van der Waals surface area contributed by atoms with E-state index in [0.717, 1.165) is 24.6 Å². The zero-order valence-corrected chi connectivity index (χ0v) is 12.5. The van der Waals surface area contributed by atoms with E-state index in [1.165, 1.54) is 11.6 Å². The third-order valence-corrected chi connectivity index (χ3v) is 3.66. The third-order valence-electron chi connectivity index (χ3n) is 2.57. The van der Waals surface area contributed by atoms with Crippen LogP contribution in [0.1, 0.15) is 26.7 Å². The second kappa shape index (κ2) is 7.73. The maximum atomic E-state index is 11.7. The summed E-state index contributed by atoms with van der Waals surface area (Å²) in [6.45, 7) is 4.22. The number of hydrogen-bond acceptors (Lipinski definition) is 5. The lowest BCUT2D eigenvalue weighted by molar-refractivity contribution is -0.119. The van der Waals surface area contributed by atoms with Gasteiger partial charge in [0.1, 0.15) is 0 Å². The van der Waals surface area contributed by atoms with Gasteiger partial charge in [-0.3, -0.25) is 14.7 Å². The van der Waals surface area contributed by atoms with Crippen LogP contribution in [-0.2, 0) is 11.3 Å². The summed E-state index contributed by atoms with van der Waals surface area (Å²) in [5, 5.41) is 10.7. The number of carbonyl (C=O) groups excluding carboxylic acids is 2. The molecule has 9 heteroatoms. The first kappa shape index (κ1) is 16.3. The van der Waals surface area contributed by atoms with Crippen LogP contribution in [0.5, 0.6) is 0 Å². The minimum atomic E-state index is -0.562. The largest absolute Gasteiger partial charge is 0.343 e. The van der Waals surface area contributed by atoms with Crippen molar-refractivity contribution in [3.63, 3.8) is 0 Å². The molecule has 0 saturated carbocycles. The second-order valence-corrected chi connectivity index (χ2v) is 5.45. The number of nitrogens with zero attached hydrogens (tertiary/aromatic N) is 2. The number of nitrogens with one attached hydrogen (secondary N) is 3. The number of aromatic amines is 1. The van der Waals surface area contributed by atoms with Gasteiger partial charge < -0.3 is 5.32 Å². The first-order chi connectivity index (χ1) is 9.49. The van der Waals surface area contributed by atoms with Gasteiger partial charge in [0.25, 0.3) is 0 Å². The highest BCUT2D eigenvalue weighted by molar-refractivity contribution is 8.00. The zero-order chi connectivity index (χ0) is 15.1. The van der Waals surface area contributed by atoms with Crippen LogP contribution in [0.2, 0.25) is 0 Å². The van der Waals surface area contributed by atoms with E-state index in [9.17, 15) is 14.4 Å². The SMILES string of the molecule is CCCCn1c(S[C@@H](C)C(=O)NC(=O)NC)n[nH]c1=O. The van der Waals surface area contributed by atoms with Gasteiger partial charge in [-0.25, -0.2) is 14.7 Å². The van der Waals surface area contributed by atoms with Crippen molar-refractivity contribution in [3.8, 4) is 0 Å². The molecule has 1 heterocycles. The molecule has 0 bridgehead atoms. The molecule has 1 aromatic heterocycles. The van der Waals surface area contributed by atoms with Gasteiger partial charge in [0, 0.05) is 13.6 Å². The number of carbonyl (C=O) groups is 2. The maximum Gasteiger partial charge on any atom is 0.343 e. The highest BCUT2D eigenvalue weighted by atomic mass is 32.2. The molecule has 112 valence electrons. The molecular weight excluding hydrogens is 282 g/mol. The summed E-state index contributed by atoms with van der Waals surface area (Å²) >= 11 is 1.13. The number of aromatic nitrogens is 3. The van der Waals surface area contributed by atoms with Gasteiger partial charge in [0.05, 0.1) is 5.25 Å². The highest BCUT2D eigenvalue weighted by Gasteiger charge is 2.20. The molecule has 0 spiro atoms. The summed E-state index contributed by atoms with van der Waals surface area (Å²) < 4.78 is 1.50. The smallest absolute Gasteiger partial charge is 0.341 e. The fraction of sp³-hybridized carbons (Fsp3) is 0.636. The molecule has 0 unspecified atom stereocenters. The van der Waals surface area contributed by atoms with Crippen molar-refractivity contribution in [1.29, 1.82) is 0 Å².